The number of hydrogen-bond acceptors (Lipinski definition) is 3. The fraction of sp³-hybridized carbons (Fsp3) is 0.417. The third-order valence-electron chi connectivity index (χ3n) is 2.16. The minimum absolute atomic E-state index is 0.172. The van der Waals surface area contributed by atoms with E-state index in [4.69, 9.17) is 10.5 Å². The number of hydrogen-bond donors (Lipinski definition) is 1. The molecule has 0 saturated carbocycles. The number of carbonyl (C=O) groups excluding carboxylic acids is 1. The molecular formula is C12H17NO2S. The summed E-state index contributed by atoms with van der Waals surface area (Å²) in [7, 11) is 0. The minimum atomic E-state index is -0.279. The molecular weight excluding hydrogens is 222 g/mol. The van der Waals surface area contributed by atoms with Gasteiger partial charge in [-0.05, 0) is 19.9 Å². The molecule has 2 N–H and O–H groups in total. The van der Waals surface area contributed by atoms with Crippen molar-refractivity contribution < 1.29 is 9.53 Å². The fourth-order valence-electron chi connectivity index (χ4n) is 1.22. The smallest absolute Gasteiger partial charge is 0.230 e. The molecule has 1 aromatic carbocycles. The van der Waals surface area contributed by atoms with Crippen molar-refractivity contribution in [1.29, 1.82) is 0 Å². The molecule has 88 valence electrons. The second-order valence-electron chi connectivity index (χ2n) is 3.40. The predicted octanol–water partition coefficient (Wildman–Crippen LogP) is 2.19. The van der Waals surface area contributed by atoms with Gasteiger partial charge < -0.3 is 10.5 Å². The summed E-state index contributed by atoms with van der Waals surface area (Å²) in [5, 5.41) is -0.172. The highest BCUT2D eigenvalue weighted by atomic mass is 32.2. The zero-order valence-corrected chi connectivity index (χ0v) is 10.4. The Balaban J connectivity index is 2.62. The van der Waals surface area contributed by atoms with Gasteiger partial charge in [0.15, 0.2) is 0 Å². The van der Waals surface area contributed by atoms with Crippen LogP contribution >= 0.6 is 11.8 Å². The van der Waals surface area contributed by atoms with E-state index in [0.29, 0.717) is 6.61 Å². The first kappa shape index (κ1) is 12.9. The molecule has 0 radical (unpaired) electrons. The molecule has 0 spiro atoms. The average Bonchev–Trinajstić information content (AvgIpc) is 2.27. The molecule has 0 aliphatic heterocycles. The second kappa shape index (κ2) is 6.43. The third kappa shape index (κ3) is 3.77. The molecule has 16 heavy (non-hydrogen) atoms. The van der Waals surface area contributed by atoms with E-state index < -0.39 is 0 Å². The van der Waals surface area contributed by atoms with Gasteiger partial charge in [-0.3, -0.25) is 4.79 Å². The van der Waals surface area contributed by atoms with Crippen molar-refractivity contribution in [3.63, 3.8) is 0 Å². The molecule has 0 aromatic heterocycles. The topological polar surface area (TPSA) is 52.3 Å². The quantitative estimate of drug-likeness (QED) is 0.828. The average molecular weight is 239 g/mol. The van der Waals surface area contributed by atoms with Crippen molar-refractivity contribution in [1.82, 2.24) is 0 Å². The number of carbonyl (C=O) groups is 1. The minimum Gasteiger partial charge on any atom is -0.494 e. The molecule has 1 unspecified atom stereocenters. The molecule has 0 aliphatic rings. The van der Waals surface area contributed by atoms with Crippen molar-refractivity contribution in [2.75, 3.05) is 6.61 Å². The third-order valence-corrected chi connectivity index (χ3v) is 3.37. The lowest BCUT2D eigenvalue weighted by atomic mass is 10.2. The summed E-state index contributed by atoms with van der Waals surface area (Å²) in [6, 6.07) is 7.85. The van der Waals surface area contributed by atoms with E-state index in [-0.39, 0.29) is 11.2 Å². The number of amides is 1. The molecule has 0 fully saturated rings. The van der Waals surface area contributed by atoms with E-state index >= 15 is 0 Å². The van der Waals surface area contributed by atoms with E-state index in [9.17, 15) is 4.79 Å². The van der Waals surface area contributed by atoms with Gasteiger partial charge in [0.25, 0.3) is 0 Å². The summed E-state index contributed by atoms with van der Waals surface area (Å²) in [5.74, 6) is 1.34. The van der Waals surface area contributed by atoms with Gasteiger partial charge in [0.1, 0.15) is 5.75 Å². The number of benzene rings is 1. The van der Waals surface area contributed by atoms with Crippen molar-refractivity contribution in [3.8, 4) is 5.75 Å². The Morgan fingerprint density at radius 1 is 1.50 bits per heavy atom. The number of nitrogens with two attached hydrogens (primary N) is 1. The highest BCUT2D eigenvalue weighted by Gasteiger charge is 2.10. The van der Waals surface area contributed by atoms with Gasteiger partial charge in [-0.25, -0.2) is 0 Å². The van der Waals surface area contributed by atoms with Crippen LogP contribution in [0.1, 0.15) is 19.4 Å². The molecule has 0 bridgehead atoms. The molecule has 1 rings (SSSR count). The highest BCUT2D eigenvalue weighted by molar-refractivity contribution is 7.99. The number of primary amides is 1. The zero-order chi connectivity index (χ0) is 12.0. The Bertz CT molecular complexity index is 355. The second-order valence-corrected chi connectivity index (χ2v) is 4.73. The Morgan fingerprint density at radius 2 is 2.19 bits per heavy atom. The van der Waals surface area contributed by atoms with Crippen LogP contribution in [0.15, 0.2) is 24.3 Å². The summed E-state index contributed by atoms with van der Waals surface area (Å²) in [6.45, 7) is 4.42. The summed E-state index contributed by atoms with van der Waals surface area (Å²) in [5.41, 5.74) is 6.31. The number of para-hydroxylation sites is 1. The predicted molar refractivity (Wildman–Crippen MR) is 67.6 cm³/mol. The van der Waals surface area contributed by atoms with E-state index in [1.807, 2.05) is 38.1 Å². The Labute approximate surface area is 100 Å². The first-order valence-corrected chi connectivity index (χ1v) is 6.31. The largest absolute Gasteiger partial charge is 0.494 e. The Morgan fingerprint density at radius 3 is 2.81 bits per heavy atom. The number of ether oxygens (including phenoxy) is 1. The van der Waals surface area contributed by atoms with Crippen molar-refractivity contribution in [2.45, 2.75) is 24.9 Å². The Hall–Kier alpha value is -1.16. The van der Waals surface area contributed by atoms with Gasteiger partial charge in [-0.1, -0.05) is 18.2 Å². The highest BCUT2D eigenvalue weighted by Crippen LogP contribution is 2.25. The van der Waals surface area contributed by atoms with Crippen LogP contribution < -0.4 is 10.5 Å². The molecule has 1 amide bonds. The molecule has 0 aliphatic carbocycles. The van der Waals surface area contributed by atoms with Crippen LogP contribution in [0.2, 0.25) is 0 Å². The number of thioether (sulfide) groups is 1. The van der Waals surface area contributed by atoms with Gasteiger partial charge in [0, 0.05) is 11.3 Å². The van der Waals surface area contributed by atoms with E-state index in [2.05, 4.69) is 0 Å². The van der Waals surface area contributed by atoms with Crippen molar-refractivity contribution >= 4 is 17.7 Å². The first-order chi connectivity index (χ1) is 7.65. The van der Waals surface area contributed by atoms with Crippen LogP contribution in [-0.2, 0) is 10.5 Å². The summed E-state index contributed by atoms with van der Waals surface area (Å²) >= 11 is 1.52. The molecule has 0 heterocycles. The van der Waals surface area contributed by atoms with Gasteiger partial charge in [0.2, 0.25) is 5.91 Å². The summed E-state index contributed by atoms with van der Waals surface area (Å²) in [4.78, 5) is 10.9. The van der Waals surface area contributed by atoms with Gasteiger partial charge in [-0.15, -0.1) is 11.8 Å². The van der Waals surface area contributed by atoms with Crippen LogP contribution in [0.3, 0.4) is 0 Å². The maximum Gasteiger partial charge on any atom is 0.230 e. The summed E-state index contributed by atoms with van der Waals surface area (Å²) in [6.07, 6.45) is 0. The van der Waals surface area contributed by atoms with Gasteiger partial charge >= 0.3 is 0 Å². The molecule has 4 heteroatoms. The number of rotatable bonds is 6. The SMILES string of the molecule is CCOc1ccccc1CSC(C)C(N)=O. The van der Waals surface area contributed by atoms with Crippen molar-refractivity contribution in [2.24, 2.45) is 5.73 Å². The molecule has 1 aromatic rings. The lowest BCUT2D eigenvalue weighted by Gasteiger charge is -2.11. The first-order valence-electron chi connectivity index (χ1n) is 5.26. The van der Waals surface area contributed by atoms with Crippen LogP contribution in [0, 0.1) is 0 Å². The summed E-state index contributed by atoms with van der Waals surface area (Å²) < 4.78 is 5.50. The monoisotopic (exact) mass is 239 g/mol. The molecule has 1 atom stereocenters. The van der Waals surface area contributed by atoms with E-state index in [0.717, 1.165) is 17.1 Å². The zero-order valence-electron chi connectivity index (χ0n) is 9.60. The normalized spacial score (nSPS) is 12.1. The van der Waals surface area contributed by atoms with Crippen LogP contribution in [0.4, 0.5) is 0 Å². The lowest BCUT2D eigenvalue weighted by Crippen LogP contribution is -2.22. The van der Waals surface area contributed by atoms with Crippen LogP contribution in [0.5, 0.6) is 5.75 Å². The lowest BCUT2D eigenvalue weighted by molar-refractivity contribution is -0.117. The Kier molecular flexibility index (Phi) is 5.19. The fourth-order valence-corrected chi connectivity index (χ4v) is 2.05. The van der Waals surface area contributed by atoms with Crippen LogP contribution in [-0.4, -0.2) is 17.8 Å². The van der Waals surface area contributed by atoms with Gasteiger partial charge in [-0.2, -0.15) is 0 Å². The molecule has 0 saturated heterocycles. The van der Waals surface area contributed by atoms with E-state index in [1.165, 1.54) is 11.8 Å². The molecule has 3 nitrogen and oxygen atoms in total. The van der Waals surface area contributed by atoms with Crippen molar-refractivity contribution in [3.05, 3.63) is 29.8 Å². The maximum absolute atomic E-state index is 10.9. The van der Waals surface area contributed by atoms with Gasteiger partial charge in [0.05, 0.1) is 11.9 Å². The maximum atomic E-state index is 10.9. The standard InChI is InChI=1S/C12H17NO2S/c1-3-15-11-7-5-4-6-10(11)8-16-9(2)12(13)14/h4-7,9H,3,8H2,1-2H3,(H2,13,14). The van der Waals surface area contributed by atoms with E-state index in [1.54, 1.807) is 0 Å². The van der Waals surface area contributed by atoms with Crippen LogP contribution in [0.25, 0.3) is 0 Å².